The summed E-state index contributed by atoms with van der Waals surface area (Å²) in [5.41, 5.74) is 0.350. The standard InChI is InChI=1S/C13H18ClFN2O/c1-13(2,3)16-5-4-12(18)17-11-7-9(14)6-10(15)8-11/h6-8,16H,4-5H2,1-3H3,(H,17,18). The fourth-order valence-electron chi connectivity index (χ4n) is 1.40. The van der Waals surface area contributed by atoms with E-state index in [1.54, 1.807) is 0 Å². The Labute approximate surface area is 112 Å². The van der Waals surface area contributed by atoms with E-state index in [-0.39, 0.29) is 16.5 Å². The fraction of sp³-hybridized carbons (Fsp3) is 0.462. The maximum Gasteiger partial charge on any atom is 0.225 e. The minimum absolute atomic E-state index is 0.0254. The molecule has 0 atom stereocenters. The topological polar surface area (TPSA) is 41.1 Å². The Bertz CT molecular complexity index is 409. The lowest BCUT2D eigenvalue weighted by atomic mass is 10.1. The fourth-order valence-corrected chi connectivity index (χ4v) is 1.62. The van der Waals surface area contributed by atoms with Gasteiger partial charge < -0.3 is 10.6 Å². The van der Waals surface area contributed by atoms with E-state index in [9.17, 15) is 9.18 Å². The molecule has 100 valence electrons. The van der Waals surface area contributed by atoms with Crippen LogP contribution in [0, 0.1) is 5.82 Å². The normalized spacial score (nSPS) is 11.4. The number of hydrogen-bond acceptors (Lipinski definition) is 2. The molecule has 1 aromatic carbocycles. The van der Waals surface area contributed by atoms with Crippen molar-refractivity contribution in [2.75, 3.05) is 11.9 Å². The number of nitrogens with one attached hydrogen (secondary N) is 2. The summed E-state index contributed by atoms with van der Waals surface area (Å²) in [6.45, 7) is 6.64. The number of hydrogen-bond donors (Lipinski definition) is 2. The van der Waals surface area contributed by atoms with Crippen molar-refractivity contribution < 1.29 is 9.18 Å². The van der Waals surface area contributed by atoms with E-state index in [0.29, 0.717) is 18.7 Å². The van der Waals surface area contributed by atoms with Gasteiger partial charge in [-0.05, 0) is 39.0 Å². The second-order valence-electron chi connectivity index (χ2n) is 5.13. The third-order valence-corrected chi connectivity index (χ3v) is 2.37. The van der Waals surface area contributed by atoms with Gasteiger partial charge in [0.05, 0.1) is 0 Å². The smallest absolute Gasteiger partial charge is 0.225 e. The Balaban J connectivity index is 2.45. The van der Waals surface area contributed by atoms with Crippen molar-refractivity contribution >= 4 is 23.2 Å². The summed E-state index contributed by atoms with van der Waals surface area (Å²) in [7, 11) is 0. The Morgan fingerprint density at radius 1 is 1.33 bits per heavy atom. The molecule has 0 aromatic heterocycles. The summed E-state index contributed by atoms with van der Waals surface area (Å²) in [6, 6.07) is 3.94. The van der Waals surface area contributed by atoms with Crippen LogP contribution in [0.25, 0.3) is 0 Å². The molecule has 0 radical (unpaired) electrons. The lowest BCUT2D eigenvalue weighted by Gasteiger charge is -2.20. The number of rotatable bonds is 4. The van der Waals surface area contributed by atoms with Crippen LogP contribution in [0.15, 0.2) is 18.2 Å². The van der Waals surface area contributed by atoms with Crippen LogP contribution < -0.4 is 10.6 Å². The molecule has 1 rings (SSSR count). The molecule has 1 aromatic rings. The first kappa shape index (κ1) is 14.9. The minimum atomic E-state index is -0.467. The first-order chi connectivity index (χ1) is 8.26. The van der Waals surface area contributed by atoms with E-state index in [4.69, 9.17) is 11.6 Å². The minimum Gasteiger partial charge on any atom is -0.326 e. The van der Waals surface area contributed by atoms with E-state index >= 15 is 0 Å². The molecule has 0 saturated carbocycles. The maximum absolute atomic E-state index is 13.0. The zero-order valence-corrected chi connectivity index (χ0v) is 11.6. The lowest BCUT2D eigenvalue weighted by Crippen LogP contribution is -2.37. The number of carbonyl (C=O) groups is 1. The van der Waals surface area contributed by atoms with Gasteiger partial charge in [0, 0.05) is 29.2 Å². The van der Waals surface area contributed by atoms with Crippen LogP contribution in [0.2, 0.25) is 5.02 Å². The van der Waals surface area contributed by atoms with Crippen molar-refractivity contribution in [1.82, 2.24) is 5.32 Å². The molecule has 0 aliphatic heterocycles. The van der Waals surface area contributed by atoms with Gasteiger partial charge in [-0.15, -0.1) is 0 Å². The van der Waals surface area contributed by atoms with Crippen LogP contribution in [-0.4, -0.2) is 18.0 Å². The number of carbonyl (C=O) groups excluding carboxylic acids is 1. The Kier molecular flexibility index (Phi) is 5.11. The Morgan fingerprint density at radius 2 is 2.00 bits per heavy atom. The predicted molar refractivity (Wildman–Crippen MR) is 72.4 cm³/mol. The number of benzene rings is 1. The number of halogens is 2. The van der Waals surface area contributed by atoms with Crippen LogP contribution in [0.3, 0.4) is 0 Å². The molecule has 0 aliphatic rings. The highest BCUT2D eigenvalue weighted by molar-refractivity contribution is 6.30. The van der Waals surface area contributed by atoms with Gasteiger partial charge in [0.1, 0.15) is 5.82 Å². The first-order valence-electron chi connectivity index (χ1n) is 5.77. The molecule has 0 fully saturated rings. The third kappa shape index (κ3) is 5.98. The monoisotopic (exact) mass is 272 g/mol. The molecule has 0 saturated heterocycles. The molecule has 18 heavy (non-hydrogen) atoms. The van der Waals surface area contributed by atoms with E-state index in [0.717, 1.165) is 0 Å². The van der Waals surface area contributed by atoms with Crippen LogP contribution >= 0.6 is 11.6 Å². The summed E-state index contributed by atoms with van der Waals surface area (Å²) in [4.78, 5) is 11.6. The van der Waals surface area contributed by atoms with Gasteiger partial charge in [-0.2, -0.15) is 0 Å². The Hall–Kier alpha value is -1.13. The van der Waals surface area contributed by atoms with Crippen LogP contribution in [-0.2, 0) is 4.79 Å². The largest absolute Gasteiger partial charge is 0.326 e. The summed E-state index contributed by atoms with van der Waals surface area (Å²) in [5.74, 6) is -0.640. The maximum atomic E-state index is 13.0. The van der Waals surface area contributed by atoms with Crippen molar-refractivity contribution in [2.45, 2.75) is 32.7 Å². The van der Waals surface area contributed by atoms with Crippen LogP contribution in [0.5, 0.6) is 0 Å². The predicted octanol–water partition coefficient (Wildman–Crippen LogP) is 3.20. The van der Waals surface area contributed by atoms with E-state index in [2.05, 4.69) is 10.6 Å². The van der Waals surface area contributed by atoms with E-state index < -0.39 is 5.82 Å². The second kappa shape index (κ2) is 6.16. The molecular weight excluding hydrogens is 255 g/mol. The van der Waals surface area contributed by atoms with Crippen molar-refractivity contribution in [3.05, 3.63) is 29.0 Å². The van der Waals surface area contributed by atoms with E-state index in [1.807, 2.05) is 20.8 Å². The summed E-state index contributed by atoms with van der Waals surface area (Å²) in [6.07, 6.45) is 0.325. The highest BCUT2D eigenvalue weighted by atomic mass is 35.5. The zero-order chi connectivity index (χ0) is 13.8. The van der Waals surface area contributed by atoms with Gasteiger partial charge in [-0.3, -0.25) is 4.79 Å². The molecule has 1 amide bonds. The molecule has 0 spiro atoms. The molecule has 0 unspecified atom stereocenters. The van der Waals surface area contributed by atoms with Crippen molar-refractivity contribution in [2.24, 2.45) is 0 Å². The van der Waals surface area contributed by atoms with E-state index in [1.165, 1.54) is 18.2 Å². The Morgan fingerprint density at radius 3 is 2.56 bits per heavy atom. The molecule has 2 N–H and O–H groups in total. The molecule has 3 nitrogen and oxygen atoms in total. The first-order valence-corrected chi connectivity index (χ1v) is 6.15. The van der Waals surface area contributed by atoms with Gasteiger partial charge in [-0.1, -0.05) is 11.6 Å². The van der Waals surface area contributed by atoms with Gasteiger partial charge in [0.15, 0.2) is 0 Å². The lowest BCUT2D eigenvalue weighted by molar-refractivity contribution is -0.116. The highest BCUT2D eigenvalue weighted by Crippen LogP contribution is 2.18. The van der Waals surface area contributed by atoms with Crippen molar-refractivity contribution in [1.29, 1.82) is 0 Å². The van der Waals surface area contributed by atoms with Gasteiger partial charge in [-0.25, -0.2) is 4.39 Å². The third-order valence-electron chi connectivity index (χ3n) is 2.15. The molecule has 5 heteroatoms. The van der Waals surface area contributed by atoms with Crippen molar-refractivity contribution in [3.8, 4) is 0 Å². The number of amides is 1. The summed E-state index contributed by atoms with van der Waals surface area (Å²) < 4.78 is 13.0. The molecule has 0 heterocycles. The van der Waals surface area contributed by atoms with Crippen molar-refractivity contribution in [3.63, 3.8) is 0 Å². The van der Waals surface area contributed by atoms with Crippen LogP contribution in [0.4, 0.5) is 10.1 Å². The average Bonchev–Trinajstić information content (AvgIpc) is 2.12. The summed E-state index contributed by atoms with van der Waals surface area (Å²) in [5, 5.41) is 6.07. The molecular formula is C13H18ClFN2O. The highest BCUT2D eigenvalue weighted by Gasteiger charge is 2.10. The average molecular weight is 273 g/mol. The second-order valence-corrected chi connectivity index (χ2v) is 5.57. The van der Waals surface area contributed by atoms with Gasteiger partial charge in [0.2, 0.25) is 5.91 Å². The molecule has 0 bridgehead atoms. The number of anilines is 1. The summed E-state index contributed by atoms with van der Waals surface area (Å²) >= 11 is 5.69. The quantitative estimate of drug-likeness (QED) is 0.884. The molecule has 0 aliphatic carbocycles. The van der Waals surface area contributed by atoms with Gasteiger partial charge >= 0.3 is 0 Å². The van der Waals surface area contributed by atoms with Gasteiger partial charge in [0.25, 0.3) is 0 Å². The zero-order valence-electron chi connectivity index (χ0n) is 10.8. The SMILES string of the molecule is CC(C)(C)NCCC(=O)Nc1cc(F)cc(Cl)c1. The van der Waals surface area contributed by atoms with Crippen LogP contribution in [0.1, 0.15) is 27.2 Å².